The minimum atomic E-state index is -0.305. The van der Waals surface area contributed by atoms with Crippen LogP contribution in [0.4, 0.5) is 4.39 Å². The van der Waals surface area contributed by atoms with Crippen molar-refractivity contribution in [1.29, 1.82) is 0 Å². The van der Waals surface area contributed by atoms with E-state index in [1.54, 1.807) is 12.1 Å². The molecule has 92 valence electrons. The zero-order valence-electron chi connectivity index (χ0n) is 9.30. The molecule has 0 saturated carbocycles. The van der Waals surface area contributed by atoms with Gasteiger partial charge in [-0.1, -0.05) is 17.3 Å². The van der Waals surface area contributed by atoms with Crippen LogP contribution in [0.2, 0.25) is 0 Å². The molecule has 5 heteroatoms. The van der Waals surface area contributed by atoms with Crippen LogP contribution in [0.5, 0.6) is 0 Å². The summed E-state index contributed by atoms with van der Waals surface area (Å²) in [6.07, 6.45) is 1.50. The van der Waals surface area contributed by atoms with Gasteiger partial charge in [0.15, 0.2) is 0 Å². The van der Waals surface area contributed by atoms with Crippen molar-refractivity contribution in [2.24, 2.45) is 10.6 Å². The molecule has 1 saturated heterocycles. The van der Waals surface area contributed by atoms with E-state index in [1.165, 1.54) is 18.3 Å². The largest absolute Gasteiger partial charge is 0.395 e. The molecule has 4 nitrogen and oxygen atoms in total. The second-order valence-electron chi connectivity index (χ2n) is 4.21. The molecule has 0 amide bonds. The summed E-state index contributed by atoms with van der Waals surface area (Å²) >= 11 is 0. The van der Waals surface area contributed by atoms with E-state index < -0.39 is 0 Å². The van der Waals surface area contributed by atoms with E-state index >= 15 is 0 Å². The lowest BCUT2D eigenvalue weighted by Crippen LogP contribution is -2.48. The number of oxime groups is 1. The maximum Gasteiger partial charge on any atom is 0.129 e. The first-order valence-electron chi connectivity index (χ1n) is 5.34. The minimum Gasteiger partial charge on any atom is -0.395 e. The molecule has 0 aliphatic carbocycles. The summed E-state index contributed by atoms with van der Waals surface area (Å²) in [6, 6.07) is 5.93. The fourth-order valence-corrected chi connectivity index (χ4v) is 1.43. The topological polar surface area (TPSA) is 51.0 Å². The predicted molar refractivity (Wildman–Crippen MR) is 60.3 cm³/mol. The maximum atomic E-state index is 12.6. The van der Waals surface area contributed by atoms with Gasteiger partial charge >= 0.3 is 0 Å². The first kappa shape index (κ1) is 12.0. The van der Waals surface area contributed by atoms with Crippen LogP contribution in [0, 0.1) is 11.2 Å². The first-order chi connectivity index (χ1) is 8.24. The van der Waals surface area contributed by atoms with Gasteiger partial charge in [-0.25, -0.2) is 4.39 Å². The van der Waals surface area contributed by atoms with Crippen molar-refractivity contribution in [1.82, 2.24) is 0 Å². The molecule has 0 atom stereocenters. The van der Waals surface area contributed by atoms with Gasteiger partial charge in [-0.15, -0.1) is 0 Å². The van der Waals surface area contributed by atoms with E-state index in [1.807, 2.05) is 0 Å². The van der Waals surface area contributed by atoms with Crippen LogP contribution in [-0.4, -0.2) is 37.7 Å². The third-order valence-electron chi connectivity index (χ3n) is 2.67. The Morgan fingerprint density at radius 1 is 1.41 bits per heavy atom. The lowest BCUT2D eigenvalue weighted by atomic mass is 9.88. The maximum absolute atomic E-state index is 12.6. The zero-order chi connectivity index (χ0) is 12.1. The number of rotatable bonds is 5. The molecular weight excluding hydrogens is 225 g/mol. The van der Waals surface area contributed by atoms with Gasteiger partial charge in [0.2, 0.25) is 0 Å². The number of nitrogens with zero attached hydrogens (tertiary/aromatic N) is 1. The number of hydrogen-bond acceptors (Lipinski definition) is 4. The van der Waals surface area contributed by atoms with Crippen molar-refractivity contribution in [2.75, 3.05) is 26.4 Å². The Kier molecular flexibility index (Phi) is 3.71. The molecule has 1 aromatic rings. The van der Waals surface area contributed by atoms with Crippen molar-refractivity contribution >= 4 is 6.21 Å². The van der Waals surface area contributed by atoms with Gasteiger partial charge in [0.1, 0.15) is 12.4 Å². The standard InChI is InChI=1S/C12H14FNO3/c13-11-3-1-10(2-4-11)5-14-17-9-12(6-15)7-16-8-12/h1-5,15H,6-9H2/b14-5+. The summed E-state index contributed by atoms with van der Waals surface area (Å²) in [4.78, 5) is 5.10. The third-order valence-corrected chi connectivity index (χ3v) is 2.67. The molecule has 0 spiro atoms. The third kappa shape index (κ3) is 3.01. The van der Waals surface area contributed by atoms with Gasteiger partial charge < -0.3 is 14.7 Å². The van der Waals surface area contributed by atoms with Crippen LogP contribution in [0.15, 0.2) is 29.4 Å². The Bertz CT molecular complexity index is 382. The molecule has 1 heterocycles. The summed E-state index contributed by atoms with van der Waals surface area (Å²) in [5, 5.41) is 12.9. The Morgan fingerprint density at radius 3 is 2.65 bits per heavy atom. The SMILES string of the molecule is OCC1(CO/N=C/c2ccc(F)cc2)COC1. The smallest absolute Gasteiger partial charge is 0.129 e. The highest BCUT2D eigenvalue weighted by molar-refractivity contribution is 5.78. The van der Waals surface area contributed by atoms with E-state index in [2.05, 4.69) is 5.16 Å². The second-order valence-corrected chi connectivity index (χ2v) is 4.21. The van der Waals surface area contributed by atoms with Crippen LogP contribution in [0.25, 0.3) is 0 Å². The van der Waals surface area contributed by atoms with Crippen LogP contribution in [0.3, 0.4) is 0 Å². The van der Waals surface area contributed by atoms with E-state index in [0.717, 1.165) is 5.56 Å². The number of ether oxygens (including phenoxy) is 1. The fraction of sp³-hybridized carbons (Fsp3) is 0.417. The van der Waals surface area contributed by atoms with Crippen molar-refractivity contribution in [3.8, 4) is 0 Å². The van der Waals surface area contributed by atoms with E-state index in [-0.39, 0.29) is 17.8 Å². The quantitative estimate of drug-likeness (QED) is 0.620. The Balaban J connectivity index is 1.80. The Morgan fingerprint density at radius 2 is 2.12 bits per heavy atom. The summed E-state index contributed by atoms with van der Waals surface area (Å²) in [5.41, 5.74) is 0.453. The van der Waals surface area contributed by atoms with Crippen LogP contribution >= 0.6 is 0 Å². The summed E-state index contributed by atoms with van der Waals surface area (Å²) in [5.74, 6) is -0.283. The Labute approximate surface area is 98.7 Å². The molecule has 1 fully saturated rings. The lowest BCUT2D eigenvalue weighted by Gasteiger charge is -2.38. The van der Waals surface area contributed by atoms with Crippen molar-refractivity contribution in [2.45, 2.75) is 0 Å². The molecule has 2 rings (SSSR count). The summed E-state index contributed by atoms with van der Waals surface area (Å²) < 4.78 is 17.6. The number of aliphatic hydroxyl groups is 1. The van der Waals surface area contributed by atoms with E-state index in [9.17, 15) is 4.39 Å². The fourth-order valence-electron chi connectivity index (χ4n) is 1.43. The second kappa shape index (κ2) is 5.25. The highest BCUT2D eigenvalue weighted by atomic mass is 19.1. The van der Waals surface area contributed by atoms with Crippen LogP contribution in [0.1, 0.15) is 5.56 Å². The molecular formula is C12H14FNO3. The van der Waals surface area contributed by atoms with Crippen molar-refractivity contribution in [3.05, 3.63) is 35.6 Å². The Hall–Kier alpha value is -1.46. The molecule has 0 unspecified atom stereocenters. The highest BCUT2D eigenvalue weighted by Crippen LogP contribution is 2.26. The minimum absolute atomic E-state index is 0.0269. The van der Waals surface area contributed by atoms with Gasteiger partial charge in [0.05, 0.1) is 31.5 Å². The number of benzene rings is 1. The molecule has 0 bridgehead atoms. The van der Waals surface area contributed by atoms with Gasteiger partial charge in [0.25, 0.3) is 0 Å². The van der Waals surface area contributed by atoms with E-state index in [4.69, 9.17) is 14.7 Å². The van der Waals surface area contributed by atoms with Crippen LogP contribution in [-0.2, 0) is 9.57 Å². The van der Waals surface area contributed by atoms with Crippen molar-refractivity contribution < 1.29 is 19.1 Å². The van der Waals surface area contributed by atoms with Gasteiger partial charge in [-0.05, 0) is 17.7 Å². The molecule has 0 aromatic heterocycles. The van der Waals surface area contributed by atoms with Gasteiger partial charge in [-0.3, -0.25) is 0 Å². The first-order valence-corrected chi connectivity index (χ1v) is 5.34. The predicted octanol–water partition coefficient (Wildman–Crippen LogP) is 1.19. The summed E-state index contributed by atoms with van der Waals surface area (Å²) in [7, 11) is 0. The normalized spacial score (nSPS) is 18.0. The number of aliphatic hydroxyl groups excluding tert-OH is 1. The number of halogens is 1. The molecule has 0 radical (unpaired) electrons. The van der Waals surface area contributed by atoms with Gasteiger partial charge in [-0.2, -0.15) is 0 Å². The lowest BCUT2D eigenvalue weighted by molar-refractivity contribution is -0.168. The molecule has 1 aliphatic heterocycles. The molecule has 17 heavy (non-hydrogen) atoms. The van der Waals surface area contributed by atoms with Crippen LogP contribution < -0.4 is 0 Å². The van der Waals surface area contributed by atoms with Crippen molar-refractivity contribution in [3.63, 3.8) is 0 Å². The average molecular weight is 239 g/mol. The summed E-state index contributed by atoms with van der Waals surface area (Å²) in [6.45, 7) is 1.34. The van der Waals surface area contributed by atoms with E-state index in [0.29, 0.717) is 19.8 Å². The number of hydrogen-bond donors (Lipinski definition) is 1. The molecule has 1 aliphatic rings. The molecule has 1 aromatic carbocycles. The highest BCUT2D eigenvalue weighted by Gasteiger charge is 2.39. The monoisotopic (exact) mass is 239 g/mol. The van der Waals surface area contributed by atoms with Gasteiger partial charge in [0, 0.05) is 0 Å². The zero-order valence-corrected chi connectivity index (χ0v) is 9.30. The molecule has 1 N–H and O–H groups in total. The average Bonchev–Trinajstić information content (AvgIpc) is 2.30.